The van der Waals surface area contributed by atoms with Crippen molar-refractivity contribution in [3.8, 4) is 0 Å². The minimum absolute atomic E-state index is 1.32. The molecule has 2 rings (SSSR count). The summed E-state index contributed by atoms with van der Waals surface area (Å²) in [5, 5.41) is 0. The van der Waals surface area contributed by atoms with Gasteiger partial charge in [-0.1, -0.05) is 23.8 Å². The molecule has 0 atom stereocenters. The van der Waals surface area contributed by atoms with Gasteiger partial charge in [-0.25, -0.2) is 0 Å². The van der Waals surface area contributed by atoms with Crippen LogP contribution in [0.3, 0.4) is 0 Å². The summed E-state index contributed by atoms with van der Waals surface area (Å²) in [6.07, 6.45) is 4.02. The zero-order valence-electron chi connectivity index (χ0n) is 9.35. The quantitative estimate of drug-likeness (QED) is 0.614. The molecule has 0 heteroatoms. The Kier molecular flexibility index (Phi) is 2.45. The largest absolute Gasteiger partial charge is 0.0667 e. The highest BCUT2D eigenvalue weighted by Gasteiger charge is 2.13. The fourth-order valence-corrected chi connectivity index (χ4v) is 2.08. The van der Waals surface area contributed by atoms with Crippen molar-refractivity contribution in [1.29, 1.82) is 0 Å². The molecule has 0 nitrogen and oxygen atoms in total. The average molecular weight is 186 g/mol. The molecule has 1 fully saturated rings. The highest BCUT2D eigenvalue weighted by molar-refractivity contribution is 5.71. The smallest absolute Gasteiger partial charge is 0.0196 e. The molecule has 0 unspecified atom stereocenters. The van der Waals surface area contributed by atoms with Gasteiger partial charge in [0.1, 0.15) is 0 Å². The summed E-state index contributed by atoms with van der Waals surface area (Å²) in [6, 6.07) is 6.61. The third-order valence-corrected chi connectivity index (χ3v) is 3.50. The van der Waals surface area contributed by atoms with Crippen LogP contribution in [0.15, 0.2) is 23.8 Å². The summed E-state index contributed by atoms with van der Waals surface area (Å²) in [6.45, 7) is 6.70. The molecular weight excluding hydrogens is 168 g/mol. The van der Waals surface area contributed by atoms with E-state index in [0.717, 1.165) is 0 Å². The molecule has 0 N–H and O–H groups in total. The topological polar surface area (TPSA) is 0 Å². The van der Waals surface area contributed by atoms with Gasteiger partial charge in [-0.3, -0.25) is 0 Å². The molecule has 0 heterocycles. The summed E-state index contributed by atoms with van der Waals surface area (Å²) in [4.78, 5) is 0. The van der Waals surface area contributed by atoms with Crippen LogP contribution in [0.5, 0.6) is 0 Å². The van der Waals surface area contributed by atoms with Gasteiger partial charge in [0.05, 0.1) is 0 Å². The van der Waals surface area contributed by atoms with Crippen LogP contribution in [0.2, 0.25) is 0 Å². The van der Waals surface area contributed by atoms with Crippen molar-refractivity contribution in [2.45, 2.75) is 40.0 Å². The van der Waals surface area contributed by atoms with Crippen LogP contribution < -0.4 is 0 Å². The van der Waals surface area contributed by atoms with Crippen LogP contribution in [0.25, 0.3) is 5.57 Å². The molecule has 1 aliphatic carbocycles. The van der Waals surface area contributed by atoms with Gasteiger partial charge < -0.3 is 0 Å². The lowest BCUT2D eigenvalue weighted by Crippen LogP contribution is -2.01. The Morgan fingerprint density at radius 3 is 2.43 bits per heavy atom. The fourth-order valence-electron chi connectivity index (χ4n) is 2.08. The first-order valence-corrected chi connectivity index (χ1v) is 5.45. The fraction of sp³-hybridized carbons (Fsp3) is 0.429. The van der Waals surface area contributed by atoms with Gasteiger partial charge in [0.25, 0.3) is 0 Å². The van der Waals surface area contributed by atoms with Crippen LogP contribution >= 0.6 is 0 Å². The second-order valence-electron chi connectivity index (χ2n) is 4.33. The summed E-state index contributed by atoms with van der Waals surface area (Å²) >= 11 is 0. The molecule has 0 spiro atoms. The lowest BCUT2D eigenvalue weighted by Gasteiger charge is -2.21. The van der Waals surface area contributed by atoms with Crippen molar-refractivity contribution in [3.63, 3.8) is 0 Å². The van der Waals surface area contributed by atoms with Crippen molar-refractivity contribution >= 4 is 5.57 Å². The summed E-state index contributed by atoms with van der Waals surface area (Å²) < 4.78 is 0. The number of hydrogen-bond donors (Lipinski definition) is 0. The van der Waals surface area contributed by atoms with Crippen LogP contribution in [0.1, 0.15) is 42.9 Å². The second-order valence-corrected chi connectivity index (χ2v) is 4.33. The molecule has 1 aromatic carbocycles. The SMILES string of the molecule is CC(=C1CCC1)c1cccc(C)c1C. The maximum atomic E-state index is 2.27. The van der Waals surface area contributed by atoms with E-state index < -0.39 is 0 Å². The standard InChI is InChI=1S/C14H18/c1-10-6-4-9-14(11(10)2)12(3)13-7-5-8-13/h4,6,9H,5,7-8H2,1-3H3. The van der Waals surface area contributed by atoms with Crippen molar-refractivity contribution in [2.24, 2.45) is 0 Å². The van der Waals surface area contributed by atoms with E-state index in [1.807, 2.05) is 0 Å². The molecule has 0 saturated heterocycles. The first-order chi connectivity index (χ1) is 6.70. The minimum Gasteiger partial charge on any atom is -0.0667 e. The van der Waals surface area contributed by atoms with Gasteiger partial charge >= 0.3 is 0 Å². The van der Waals surface area contributed by atoms with E-state index in [-0.39, 0.29) is 0 Å². The van der Waals surface area contributed by atoms with Gasteiger partial charge in [0.15, 0.2) is 0 Å². The van der Waals surface area contributed by atoms with E-state index in [2.05, 4.69) is 39.0 Å². The number of rotatable bonds is 1. The Hall–Kier alpha value is -1.04. The van der Waals surface area contributed by atoms with Crippen LogP contribution in [-0.4, -0.2) is 0 Å². The average Bonchev–Trinajstić information content (AvgIpc) is 2.06. The number of benzene rings is 1. The monoisotopic (exact) mass is 186 g/mol. The molecule has 0 aliphatic heterocycles. The predicted octanol–water partition coefficient (Wildman–Crippen LogP) is 4.26. The highest BCUT2D eigenvalue weighted by atomic mass is 14.2. The Morgan fingerprint density at radius 2 is 1.86 bits per heavy atom. The Labute approximate surface area is 86.7 Å². The molecule has 0 aromatic heterocycles. The van der Waals surface area contributed by atoms with Gasteiger partial charge in [0.2, 0.25) is 0 Å². The first-order valence-electron chi connectivity index (χ1n) is 5.45. The molecule has 1 saturated carbocycles. The maximum absolute atomic E-state index is 2.27. The van der Waals surface area contributed by atoms with Gasteiger partial charge in [-0.05, 0) is 62.3 Å². The van der Waals surface area contributed by atoms with Crippen molar-refractivity contribution in [2.75, 3.05) is 0 Å². The highest BCUT2D eigenvalue weighted by Crippen LogP contribution is 2.34. The Morgan fingerprint density at radius 1 is 1.14 bits per heavy atom. The van der Waals surface area contributed by atoms with Crippen LogP contribution in [0.4, 0.5) is 0 Å². The zero-order chi connectivity index (χ0) is 10.1. The molecule has 1 aliphatic rings. The second kappa shape index (κ2) is 3.61. The summed E-state index contributed by atoms with van der Waals surface area (Å²) in [5.74, 6) is 0. The molecule has 1 aromatic rings. The predicted molar refractivity (Wildman–Crippen MR) is 62.4 cm³/mol. The van der Waals surface area contributed by atoms with Crippen molar-refractivity contribution in [3.05, 3.63) is 40.5 Å². The van der Waals surface area contributed by atoms with E-state index in [9.17, 15) is 0 Å². The van der Waals surface area contributed by atoms with Gasteiger partial charge in [-0.2, -0.15) is 0 Å². The first kappa shape index (κ1) is 9.51. The van der Waals surface area contributed by atoms with E-state index >= 15 is 0 Å². The van der Waals surface area contributed by atoms with Gasteiger partial charge in [0, 0.05) is 0 Å². The number of aryl methyl sites for hydroxylation is 1. The van der Waals surface area contributed by atoms with E-state index in [1.165, 1.54) is 41.5 Å². The Bertz CT molecular complexity index is 377. The minimum atomic E-state index is 1.32. The maximum Gasteiger partial charge on any atom is -0.0196 e. The molecular formula is C14H18. The molecule has 0 amide bonds. The van der Waals surface area contributed by atoms with Crippen molar-refractivity contribution in [1.82, 2.24) is 0 Å². The van der Waals surface area contributed by atoms with Gasteiger partial charge in [-0.15, -0.1) is 0 Å². The normalized spacial score (nSPS) is 15.2. The van der Waals surface area contributed by atoms with E-state index in [4.69, 9.17) is 0 Å². The van der Waals surface area contributed by atoms with Crippen LogP contribution in [-0.2, 0) is 0 Å². The Balaban J connectivity index is 2.46. The number of allylic oxidation sites excluding steroid dienone is 2. The third kappa shape index (κ3) is 1.50. The molecule has 0 radical (unpaired) electrons. The van der Waals surface area contributed by atoms with E-state index in [1.54, 1.807) is 5.57 Å². The molecule has 0 bridgehead atoms. The van der Waals surface area contributed by atoms with Crippen molar-refractivity contribution < 1.29 is 0 Å². The van der Waals surface area contributed by atoms with E-state index in [0.29, 0.717) is 0 Å². The number of hydrogen-bond acceptors (Lipinski definition) is 0. The van der Waals surface area contributed by atoms with Crippen LogP contribution in [0, 0.1) is 13.8 Å². The molecule has 74 valence electrons. The lowest BCUT2D eigenvalue weighted by atomic mass is 9.84. The summed E-state index contributed by atoms with van der Waals surface area (Å²) in [7, 11) is 0. The third-order valence-electron chi connectivity index (χ3n) is 3.50. The zero-order valence-corrected chi connectivity index (χ0v) is 9.35. The lowest BCUT2D eigenvalue weighted by molar-refractivity contribution is 0.665. The molecule has 14 heavy (non-hydrogen) atoms. The summed E-state index contributed by atoms with van der Waals surface area (Å²) in [5.41, 5.74) is 7.50.